The van der Waals surface area contributed by atoms with Crippen molar-refractivity contribution in [3.8, 4) is 0 Å². The predicted molar refractivity (Wildman–Crippen MR) is 54.5 cm³/mol. The molecule has 2 aliphatic rings. The molecule has 0 spiro atoms. The van der Waals surface area contributed by atoms with Gasteiger partial charge < -0.3 is 5.11 Å². The molecule has 0 saturated heterocycles. The molecule has 0 bridgehead atoms. The number of aliphatic hydroxyl groups is 1. The van der Waals surface area contributed by atoms with Gasteiger partial charge in [-0.15, -0.1) is 0 Å². The molecule has 2 rings (SSSR count). The number of aliphatic hydroxyl groups excluding tert-OH is 1. The van der Waals surface area contributed by atoms with Crippen LogP contribution < -0.4 is 0 Å². The molecule has 0 amide bonds. The van der Waals surface area contributed by atoms with Gasteiger partial charge in [-0.25, -0.2) is 0 Å². The lowest BCUT2D eigenvalue weighted by Crippen LogP contribution is -2.35. The second-order valence-electron chi connectivity index (χ2n) is 4.99. The van der Waals surface area contributed by atoms with Gasteiger partial charge >= 0.3 is 0 Å². The Morgan fingerprint density at radius 3 is 2.77 bits per heavy atom. The lowest BCUT2D eigenvalue weighted by molar-refractivity contribution is 0.0177. The molecular formula is C12H22O. The van der Waals surface area contributed by atoms with Crippen molar-refractivity contribution in [2.24, 2.45) is 17.8 Å². The standard InChI is InChI=1S/C12H22O/c1-2-9-4-3-5-10-6-7-11(13)8-12(9)10/h9-13H,2-8H2,1H3. The number of hydrogen-bond donors (Lipinski definition) is 1. The zero-order valence-electron chi connectivity index (χ0n) is 8.71. The van der Waals surface area contributed by atoms with Crippen LogP contribution in [-0.2, 0) is 0 Å². The smallest absolute Gasteiger partial charge is 0.0543 e. The molecule has 76 valence electrons. The largest absolute Gasteiger partial charge is 0.393 e. The van der Waals surface area contributed by atoms with Crippen molar-refractivity contribution in [3.05, 3.63) is 0 Å². The monoisotopic (exact) mass is 182 g/mol. The molecule has 4 atom stereocenters. The average Bonchev–Trinajstić information content (AvgIpc) is 2.17. The van der Waals surface area contributed by atoms with Crippen molar-refractivity contribution in [3.63, 3.8) is 0 Å². The Morgan fingerprint density at radius 1 is 1.15 bits per heavy atom. The van der Waals surface area contributed by atoms with E-state index in [-0.39, 0.29) is 6.10 Å². The van der Waals surface area contributed by atoms with Gasteiger partial charge in [0.1, 0.15) is 0 Å². The van der Waals surface area contributed by atoms with Gasteiger partial charge in [0, 0.05) is 0 Å². The Bertz CT molecular complexity index is 161. The van der Waals surface area contributed by atoms with Crippen LogP contribution in [0.2, 0.25) is 0 Å². The van der Waals surface area contributed by atoms with Gasteiger partial charge in [0.05, 0.1) is 6.10 Å². The van der Waals surface area contributed by atoms with E-state index in [1.54, 1.807) is 0 Å². The van der Waals surface area contributed by atoms with E-state index in [4.69, 9.17) is 0 Å². The van der Waals surface area contributed by atoms with Crippen LogP contribution in [0, 0.1) is 17.8 Å². The van der Waals surface area contributed by atoms with Crippen LogP contribution in [0.25, 0.3) is 0 Å². The van der Waals surface area contributed by atoms with Crippen LogP contribution in [-0.4, -0.2) is 11.2 Å². The van der Waals surface area contributed by atoms with Crippen molar-refractivity contribution in [2.45, 2.75) is 58.0 Å². The Morgan fingerprint density at radius 2 is 2.00 bits per heavy atom. The summed E-state index contributed by atoms with van der Waals surface area (Å²) in [5, 5.41) is 9.66. The van der Waals surface area contributed by atoms with Crippen LogP contribution in [0.15, 0.2) is 0 Å². The van der Waals surface area contributed by atoms with Crippen molar-refractivity contribution in [1.29, 1.82) is 0 Å². The summed E-state index contributed by atoms with van der Waals surface area (Å²) < 4.78 is 0. The highest BCUT2D eigenvalue weighted by molar-refractivity contribution is 4.87. The number of rotatable bonds is 1. The molecule has 0 aliphatic heterocycles. The zero-order chi connectivity index (χ0) is 9.26. The highest BCUT2D eigenvalue weighted by Crippen LogP contribution is 2.44. The third-order valence-corrected chi connectivity index (χ3v) is 4.30. The molecule has 0 aromatic heterocycles. The van der Waals surface area contributed by atoms with E-state index in [2.05, 4.69) is 6.92 Å². The maximum absolute atomic E-state index is 9.66. The Labute approximate surface area is 81.5 Å². The quantitative estimate of drug-likeness (QED) is 0.661. The fourth-order valence-electron chi connectivity index (χ4n) is 3.54. The highest BCUT2D eigenvalue weighted by atomic mass is 16.3. The van der Waals surface area contributed by atoms with Crippen LogP contribution in [0.1, 0.15) is 51.9 Å². The lowest BCUT2D eigenvalue weighted by atomic mass is 9.64. The summed E-state index contributed by atoms with van der Waals surface area (Å²) in [5.74, 6) is 2.75. The Kier molecular flexibility index (Phi) is 2.92. The zero-order valence-corrected chi connectivity index (χ0v) is 8.71. The minimum Gasteiger partial charge on any atom is -0.393 e. The van der Waals surface area contributed by atoms with Crippen molar-refractivity contribution < 1.29 is 5.11 Å². The van der Waals surface area contributed by atoms with Gasteiger partial charge in [-0.2, -0.15) is 0 Å². The van der Waals surface area contributed by atoms with E-state index in [9.17, 15) is 5.11 Å². The normalized spacial score (nSPS) is 45.7. The number of fused-ring (bicyclic) bond motifs is 1. The molecule has 1 nitrogen and oxygen atoms in total. The van der Waals surface area contributed by atoms with E-state index in [1.165, 1.54) is 32.1 Å². The van der Waals surface area contributed by atoms with Gasteiger partial charge in [-0.3, -0.25) is 0 Å². The SMILES string of the molecule is CCC1CCCC2CCC(O)CC12. The molecule has 0 radical (unpaired) electrons. The van der Waals surface area contributed by atoms with Crippen molar-refractivity contribution in [1.82, 2.24) is 0 Å². The topological polar surface area (TPSA) is 20.2 Å². The number of hydrogen-bond acceptors (Lipinski definition) is 1. The Balaban J connectivity index is 2.01. The summed E-state index contributed by atoms with van der Waals surface area (Å²) in [6, 6.07) is 0. The first-order chi connectivity index (χ1) is 6.31. The fourth-order valence-corrected chi connectivity index (χ4v) is 3.54. The first-order valence-electron chi connectivity index (χ1n) is 5.99. The molecule has 1 N–H and O–H groups in total. The third kappa shape index (κ3) is 1.90. The van der Waals surface area contributed by atoms with Gasteiger partial charge in [0.25, 0.3) is 0 Å². The van der Waals surface area contributed by atoms with Gasteiger partial charge in [0.15, 0.2) is 0 Å². The molecular weight excluding hydrogens is 160 g/mol. The van der Waals surface area contributed by atoms with E-state index < -0.39 is 0 Å². The molecule has 0 heterocycles. The van der Waals surface area contributed by atoms with E-state index in [0.717, 1.165) is 30.6 Å². The first kappa shape index (κ1) is 9.51. The summed E-state index contributed by atoms with van der Waals surface area (Å²) in [6.07, 6.45) is 9.11. The summed E-state index contributed by atoms with van der Waals surface area (Å²) in [5.41, 5.74) is 0. The Hall–Kier alpha value is -0.0400. The van der Waals surface area contributed by atoms with E-state index >= 15 is 0 Å². The van der Waals surface area contributed by atoms with Crippen LogP contribution in [0.4, 0.5) is 0 Å². The summed E-state index contributed by atoms with van der Waals surface area (Å²) in [7, 11) is 0. The summed E-state index contributed by atoms with van der Waals surface area (Å²) >= 11 is 0. The molecule has 1 heteroatoms. The first-order valence-corrected chi connectivity index (χ1v) is 5.99. The van der Waals surface area contributed by atoms with Gasteiger partial charge in [-0.05, 0) is 37.0 Å². The third-order valence-electron chi connectivity index (χ3n) is 4.30. The highest BCUT2D eigenvalue weighted by Gasteiger charge is 2.36. The second-order valence-corrected chi connectivity index (χ2v) is 4.99. The van der Waals surface area contributed by atoms with Crippen LogP contribution >= 0.6 is 0 Å². The summed E-state index contributed by atoms with van der Waals surface area (Å²) in [4.78, 5) is 0. The summed E-state index contributed by atoms with van der Waals surface area (Å²) in [6.45, 7) is 2.31. The lowest BCUT2D eigenvalue weighted by Gasteiger charge is -2.42. The predicted octanol–water partition coefficient (Wildman–Crippen LogP) is 2.97. The van der Waals surface area contributed by atoms with E-state index in [1.807, 2.05) is 0 Å². The molecule has 0 aromatic carbocycles. The van der Waals surface area contributed by atoms with Gasteiger partial charge in [-0.1, -0.05) is 32.6 Å². The molecule has 0 aromatic rings. The van der Waals surface area contributed by atoms with Gasteiger partial charge in [0.2, 0.25) is 0 Å². The minimum atomic E-state index is 0.0217. The van der Waals surface area contributed by atoms with Crippen LogP contribution in [0.3, 0.4) is 0 Å². The van der Waals surface area contributed by atoms with Crippen molar-refractivity contribution >= 4 is 0 Å². The second kappa shape index (κ2) is 4.00. The molecule has 13 heavy (non-hydrogen) atoms. The molecule has 2 aliphatic carbocycles. The van der Waals surface area contributed by atoms with E-state index in [0.29, 0.717) is 0 Å². The molecule has 2 fully saturated rings. The maximum atomic E-state index is 9.66. The molecule has 2 saturated carbocycles. The van der Waals surface area contributed by atoms with Crippen molar-refractivity contribution in [2.75, 3.05) is 0 Å². The maximum Gasteiger partial charge on any atom is 0.0543 e. The fraction of sp³-hybridized carbons (Fsp3) is 1.00. The molecule has 4 unspecified atom stereocenters. The average molecular weight is 182 g/mol. The minimum absolute atomic E-state index is 0.0217. The van der Waals surface area contributed by atoms with Crippen LogP contribution in [0.5, 0.6) is 0 Å².